The molecule has 140 valence electrons. The Labute approximate surface area is 155 Å². The highest BCUT2D eigenvalue weighted by Gasteiger charge is 2.25. The lowest BCUT2D eigenvalue weighted by atomic mass is 10.0. The number of fused-ring (bicyclic) bond motifs is 1. The maximum Gasteiger partial charge on any atom is 0.318 e. The average Bonchev–Trinajstić information content (AvgIpc) is 3.24. The predicted molar refractivity (Wildman–Crippen MR) is 102 cm³/mol. The Hall–Kier alpha value is -2.37. The van der Waals surface area contributed by atoms with E-state index >= 15 is 0 Å². The van der Waals surface area contributed by atoms with Gasteiger partial charge in [0.2, 0.25) is 0 Å². The maximum atomic E-state index is 13.0. The molecule has 2 heterocycles. The lowest BCUT2D eigenvalue weighted by Gasteiger charge is -2.33. The lowest BCUT2D eigenvalue weighted by Crippen LogP contribution is -2.44. The molecule has 1 N–H and O–H groups in total. The molecule has 1 aliphatic heterocycles. The zero-order chi connectivity index (χ0) is 18.5. The van der Waals surface area contributed by atoms with Gasteiger partial charge in [0.15, 0.2) is 5.82 Å². The first-order valence-electron chi connectivity index (χ1n) is 9.60. The number of hydrogen-bond acceptors (Lipinski definition) is 3. The van der Waals surface area contributed by atoms with E-state index in [2.05, 4.69) is 53.0 Å². The summed E-state index contributed by atoms with van der Waals surface area (Å²) in [7, 11) is 0. The first kappa shape index (κ1) is 18.4. The van der Waals surface area contributed by atoms with E-state index in [9.17, 15) is 4.79 Å². The number of benzene rings is 1. The number of hydrogen-bond donors (Lipinski definition) is 1. The highest BCUT2D eigenvalue weighted by molar-refractivity contribution is 5.74. The minimum Gasteiger partial charge on any atom is -0.331 e. The van der Waals surface area contributed by atoms with Gasteiger partial charge in [-0.1, -0.05) is 51.1 Å². The number of nitrogens with one attached hydrogen (secondary N) is 1. The maximum absolute atomic E-state index is 13.0. The summed E-state index contributed by atoms with van der Waals surface area (Å²) < 4.78 is 2.13. The van der Waals surface area contributed by atoms with Crippen molar-refractivity contribution in [3.63, 3.8) is 0 Å². The van der Waals surface area contributed by atoms with E-state index in [1.165, 1.54) is 5.56 Å². The minimum absolute atomic E-state index is 0.0373. The van der Waals surface area contributed by atoms with Crippen molar-refractivity contribution in [3.05, 3.63) is 47.5 Å². The highest BCUT2D eigenvalue weighted by Crippen LogP contribution is 2.25. The van der Waals surface area contributed by atoms with Crippen molar-refractivity contribution >= 4 is 6.03 Å². The van der Waals surface area contributed by atoms with Gasteiger partial charge in [0, 0.05) is 19.5 Å². The average molecular weight is 355 g/mol. The van der Waals surface area contributed by atoms with Crippen molar-refractivity contribution < 1.29 is 4.79 Å². The largest absolute Gasteiger partial charge is 0.331 e. The van der Waals surface area contributed by atoms with Crippen LogP contribution in [-0.4, -0.2) is 32.2 Å². The quantitative estimate of drug-likeness (QED) is 0.826. The van der Waals surface area contributed by atoms with Crippen molar-refractivity contribution in [1.29, 1.82) is 0 Å². The molecule has 1 aliphatic rings. The molecular formula is C20H29N5O. The summed E-state index contributed by atoms with van der Waals surface area (Å²) in [6.07, 6.45) is 2.97. The second kappa shape index (κ2) is 8.34. The molecule has 2 amide bonds. The van der Waals surface area contributed by atoms with Gasteiger partial charge in [0.1, 0.15) is 5.82 Å². The van der Waals surface area contributed by atoms with Crippen LogP contribution >= 0.6 is 0 Å². The van der Waals surface area contributed by atoms with Crippen molar-refractivity contribution in [2.75, 3.05) is 6.54 Å². The molecule has 0 saturated carbocycles. The van der Waals surface area contributed by atoms with Crippen LogP contribution in [0.2, 0.25) is 0 Å². The third-order valence-corrected chi connectivity index (χ3v) is 4.85. The third-order valence-electron chi connectivity index (χ3n) is 4.85. The number of urea groups is 1. The normalized spacial score (nSPS) is 14.3. The summed E-state index contributed by atoms with van der Waals surface area (Å²) in [5.74, 6) is 2.28. The Morgan fingerprint density at radius 3 is 2.73 bits per heavy atom. The smallest absolute Gasteiger partial charge is 0.318 e. The molecule has 1 aromatic carbocycles. The minimum atomic E-state index is -0.0373. The number of rotatable bonds is 7. The molecule has 1 aromatic heterocycles. The van der Waals surface area contributed by atoms with Crippen molar-refractivity contribution in [1.82, 2.24) is 25.0 Å². The SMILES string of the molecule is CCC(c1ccccc1)N(CC(C)C)C(=O)NCc1nnc2n1CCC2. The molecule has 3 rings (SSSR count). The number of carbonyl (C=O) groups is 1. The summed E-state index contributed by atoms with van der Waals surface area (Å²) in [5, 5.41) is 11.5. The molecule has 2 aromatic rings. The monoisotopic (exact) mass is 355 g/mol. The van der Waals surface area contributed by atoms with E-state index in [0.717, 1.165) is 44.0 Å². The Balaban J connectivity index is 1.72. The van der Waals surface area contributed by atoms with Crippen LogP contribution in [0.15, 0.2) is 30.3 Å². The Kier molecular flexibility index (Phi) is 5.91. The molecule has 6 nitrogen and oxygen atoms in total. The number of amides is 2. The van der Waals surface area contributed by atoms with Crippen LogP contribution in [0.25, 0.3) is 0 Å². The first-order valence-corrected chi connectivity index (χ1v) is 9.60. The molecule has 0 spiro atoms. The number of nitrogens with zero attached hydrogens (tertiary/aromatic N) is 4. The molecule has 26 heavy (non-hydrogen) atoms. The summed E-state index contributed by atoms with van der Waals surface area (Å²) >= 11 is 0. The van der Waals surface area contributed by atoms with E-state index in [-0.39, 0.29) is 12.1 Å². The zero-order valence-electron chi connectivity index (χ0n) is 16.0. The highest BCUT2D eigenvalue weighted by atomic mass is 16.2. The second-order valence-corrected chi connectivity index (χ2v) is 7.33. The molecule has 0 fully saturated rings. The standard InChI is InChI=1S/C20H29N5O/c1-4-17(16-9-6-5-7-10-16)25(14-15(2)3)20(26)21-13-19-23-22-18-11-8-12-24(18)19/h5-7,9-10,15,17H,4,8,11-14H2,1-3H3,(H,21,26). The first-order chi connectivity index (χ1) is 12.6. The van der Waals surface area contributed by atoms with Gasteiger partial charge in [-0.05, 0) is 24.3 Å². The van der Waals surface area contributed by atoms with E-state index in [1.807, 2.05) is 23.1 Å². The Morgan fingerprint density at radius 2 is 2.04 bits per heavy atom. The van der Waals surface area contributed by atoms with Crippen molar-refractivity contribution in [2.24, 2.45) is 5.92 Å². The van der Waals surface area contributed by atoms with E-state index in [4.69, 9.17) is 0 Å². The van der Waals surface area contributed by atoms with Crippen LogP contribution in [0.5, 0.6) is 0 Å². The van der Waals surface area contributed by atoms with Gasteiger partial charge in [-0.2, -0.15) is 0 Å². The fourth-order valence-corrected chi connectivity index (χ4v) is 3.65. The summed E-state index contributed by atoms with van der Waals surface area (Å²) in [5.41, 5.74) is 1.18. The van der Waals surface area contributed by atoms with Crippen LogP contribution in [0.4, 0.5) is 4.79 Å². The molecule has 0 aliphatic carbocycles. The molecule has 1 atom stereocenters. The predicted octanol–water partition coefficient (Wildman–Crippen LogP) is 3.54. The lowest BCUT2D eigenvalue weighted by molar-refractivity contribution is 0.162. The van der Waals surface area contributed by atoms with Crippen LogP contribution in [0, 0.1) is 5.92 Å². The van der Waals surface area contributed by atoms with E-state index in [0.29, 0.717) is 12.5 Å². The van der Waals surface area contributed by atoms with Gasteiger partial charge >= 0.3 is 6.03 Å². The molecule has 0 radical (unpaired) electrons. The van der Waals surface area contributed by atoms with Gasteiger partial charge in [-0.3, -0.25) is 0 Å². The fraction of sp³-hybridized carbons (Fsp3) is 0.550. The molecule has 0 bridgehead atoms. The van der Waals surface area contributed by atoms with Crippen LogP contribution in [-0.2, 0) is 19.5 Å². The van der Waals surface area contributed by atoms with Gasteiger partial charge < -0.3 is 14.8 Å². The molecule has 0 saturated heterocycles. The zero-order valence-corrected chi connectivity index (χ0v) is 16.0. The summed E-state index contributed by atoms with van der Waals surface area (Å²) in [4.78, 5) is 15.0. The topological polar surface area (TPSA) is 63.1 Å². The van der Waals surface area contributed by atoms with Crippen LogP contribution in [0.1, 0.15) is 56.9 Å². The number of carbonyl (C=O) groups excluding carboxylic acids is 1. The number of aromatic nitrogens is 3. The van der Waals surface area contributed by atoms with Gasteiger partial charge in [0.05, 0.1) is 12.6 Å². The van der Waals surface area contributed by atoms with Crippen molar-refractivity contribution in [2.45, 2.75) is 59.2 Å². The van der Waals surface area contributed by atoms with Crippen molar-refractivity contribution in [3.8, 4) is 0 Å². The van der Waals surface area contributed by atoms with Gasteiger partial charge in [0.25, 0.3) is 0 Å². The van der Waals surface area contributed by atoms with E-state index in [1.54, 1.807) is 0 Å². The third kappa shape index (κ3) is 4.06. The van der Waals surface area contributed by atoms with Crippen LogP contribution < -0.4 is 5.32 Å². The Morgan fingerprint density at radius 1 is 1.27 bits per heavy atom. The Bertz CT molecular complexity index is 725. The molecule has 6 heteroatoms. The van der Waals surface area contributed by atoms with Crippen LogP contribution in [0.3, 0.4) is 0 Å². The van der Waals surface area contributed by atoms with Gasteiger partial charge in [-0.15, -0.1) is 10.2 Å². The molecular weight excluding hydrogens is 326 g/mol. The summed E-state index contributed by atoms with van der Waals surface area (Å²) in [6.45, 7) is 8.50. The number of aryl methyl sites for hydroxylation is 1. The van der Waals surface area contributed by atoms with Gasteiger partial charge in [-0.25, -0.2) is 4.79 Å². The molecule has 1 unspecified atom stereocenters. The van der Waals surface area contributed by atoms with E-state index < -0.39 is 0 Å². The fourth-order valence-electron chi connectivity index (χ4n) is 3.65. The second-order valence-electron chi connectivity index (χ2n) is 7.33. The summed E-state index contributed by atoms with van der Waals surface area (Å²) in [6, 6.07) is 10.3.